The lowest BCUT2D eigenvalue weighted by Gasteiger charge is -2.25. The van der Waals surface area contributed by atoms with E-state index in [9.17, 15) is 0 Å². The lowest BCUT2D eigenvalue weighted by molar-refractivity contribution is 0.384. The molecule has 0 aliphatic heterocycles. The summed E-state index contributed by atoms with van der Waals surface area (Å²) in [7, 11) is 0. The van der Waals surface area contributed by atoms with Crippen molar-refractivity contribution in [3.05, 3.63) is 23.7 Å². The second kappa shape index (κ2) is 4.15. The zero-order chi connectivity index (χ0) is 9.97. The third-order valence-corrected chi connectivity index (χ3v) is 2.89. The van der Waals surface area contributed by atoms with Crippen molar-refractivity contribution >= 4 is 0 Å². The lowest BCUT2D eigenvalue weighted by Crippen LogP contribution is -2.37. The summed E-state index contributed by atoms with van der Waals surface area (Å²) in [6, 6.07) is 2.90. The van der Waals surface area contributed by atoms with E-state index in [1.165, 1.54) is 18.4 Å². The van der Waals surface area contributed by atoms with Crippen molar-refractivity contribution < 1.29 is 4.42 Å². The Morgan fingerprint density at radius 2 is 2.57 bits per heavy atom. The number of nitrogens with two attached hydrogens (primary N) is 1. The SMILES string of the molecule is CC(CN)NC1CCCc2occc21. The van der Waals surface area contributed by atoms with Crippen LogP contribution in [0.3, 0.4) is 0 Å². The van der Waals surface area contributed by atoms with Gasteiger partial charge in [-0.1, -0.05) is 0 Å². The maximum atomic E-state index is 5.60. The molecule has 2 unspecified atom stereocenters. The van der Waals surface area contributed by atoms with Crippen LogP contribution in [-0.4, -0.2) is 12.6 Å². The van der Waals surface area contributed by atoms with E-state index in [1.54, 1.807) is 6.26 Å². The smallest absolute Gasteiger partial charge is 0.108 e. The van der Waals surface area contributed by atoms with E-state index in [2.05, 4.69) is 18.3 Å². The minimum absolute atomic E-state index is 0.376. The predicted octanol–water partition coefficient (Wildman–Crippen LogP) is 1.59. The molecule has 14 heavy (non-hydrogen) atoms. The third kappa shape index (κ3) is 1.83. The fraction of sp³-hybridized carbons (Fsp3) is 0.636. The molecule has 3 heteroatoms. The van der Waals surface area contributed by atoms with Gasteiger partial charge in [-0.15, -0.1) is 0 Å². The van der Waals surface area contributed by atoms with Crippen LogP contribution in [0.2, 0.25) is 0 Å². The Labute approximate surface area is 84.7 Å². The third-order valence-electron chi connectivity index (χ3n) is 2.89. The Morgan fingerprint density at radius 1 is 1.71 bits per heavy atom. The number of nitrogens with one attached hydrogen (secondary N) is 1. The van der Waals surface area contributed by atoms with Crippen molar-refractivity contribution in [3.8, 4) is 0 Å². The molecular formula is C11H18N2O. The lowest BCUT2D eigenvalue weighted by atomic mass is 9.93. The maximum Gasteiger partial charge on any atom is 0.108 e. The van der Waals surface area contributed by atoms with Gasteiger partial charge < -0.3 is 15.5 Å². The maximum absolute atomic E-state index is 5.60. The second-order valence-electron chi connectivity index (χ2n) is 4.05. The van der Waals surface area contributed by atoms with Crippen molar-refractivity contribution in [2.24, 2.45) is 5.73 Å². The second-order valence-corrected chi connectivity index (χ2v) is 4.05. The standard InChI is InChI=1S/C11H18N2O/c1-8(7-12)13-10-3-2-4-11-9(10)5-6-14-11/h5-6,8,10,13H,2-4,7,12H2,1H3. The Bertz CT molecular complexity index is 295. The highest BCUT2D eigenvalue weighted by Crippen LogP contribution is 2.30. The molecule has 0 radical (unpaired) electrons. The van der Waals surface area contributed by atoms with Crippen molar-refractivity contribution in [1.82, 2.24) is 5.32 Å². The van der Waals surface area contributed by atoms with Gasteiger partial charge in [0.05, 0.1) is 6.26 Å². The van der Waals surface area contributed by atoms with Crippen LogP contribution >= 0.6 is 0 Å². The van der Waals surface area contributed by atoms with Crippen LogP contribution in [0.1, 0.15) is 37.1 Å². The molecule has 1 aromatic heterocycles. The summed E-state index contributed by atoms with van der Waals surface area (Å²) in [5.41, 5.74) is 6.93. The molecular weight excluding hydrogens is 176 g/mol. The zero-order valence-electron chi connectivity index (χ0n) is 8.62. The van der Waals surface area contributed by atoms with Gasteiger partial charge in [-0.25, -0.2) is 0 Å². The van der Waals surface area contributed by atoms with E-state index in [0.29, 0.717) is 18.6 Å². The minimum atomic E-state index is 0.376. The normalized spacial score (nSPS) is 23.1. The van der Waals surface area contributed by atoms with E-state index in [-0.39, 0.29) is 0 Å². The van der Waals surface area contributed by atoms with Crippen molar-refractivity contribution in [2.45, 2.75) is 38.3 Å². The van der Waals surface area contributed by atoms with Gasteiger partial charge in [-0.2, -0.15) is 0 Å². The molecule has 78 valence electrons. The van der Waals surface area contributed by atoms with Gasteiger partial charge in [-0.05, 0) is 25.8 Å². The number of aryl methyl sites for hydroxylation is 1. The van der Waals surface area contributed by atoms with E-state index in [1.807, 2.05) is 0 Å². The average molecular weight is 194 g/mol. The Morgan fingerprint density at radius 3 is 3.36 bits per heavy atom. The quantitative estimate of drug-likeness (QED) is 0.768. The van der Waals surface area contributed by atoms with Gasteiger partial charge in [0.1, 0.15) is 5.76 Å². The molecule has 0 aromatic carbocycles. The molecule has 1 aliphatic rings. The number of furan rings is 1. The summed E-state index contributed by atoms with van der Waals surface area (Å²) in [5.74, 6) is 1.15. The van der Waals surface area contributed by atoms with Crippen LogP contribution in [0.5, 0.6) is 0 Å². The van der Waals surface area contributed by atoms with Crippen LogP contribution in [0.25, 0.3) is 0 Å². The van der Waals surface area contributed by atoms with E-state index >= 15 is 0 Å². The van der Waals surface area contributed by atoms with E-state index in [4.69, 9.17) is 10.2 Å². The van der Waals surface area contributed by atoms with Crippen LogP contribution in [-0.2, 0) is 6.42 Å². The van der Waals surface area contributed by atoms with E-state index in [0.717, 1.165) is 12.2 Å². The fourth-order valence-corrected chi connectivity index (χ4v) is 2.07. The van der Waals surface area contributed by atoms with Crippen molar-refractivity contribution in [3.63, 3.8) is 0 Å². The van der Waals surface area contributed by atoms with Gasteiger partial charge in [0.25, 0.3) is 0 Å². The summed E-state index contributed by atoms with van der Waals surface area (Å²) in [6.45, 7) is 2.80. The van der Waals surface area contributed by atoms with E-state index < -0.39 is 0 Å². The topological polar surface area (TPSA) is 51.2 Å². The zero-order valence-corrected chi connectivity index (χ0v) is 8.62. The molecule has 0 amide bonds. The molecule has 1 heterocycles. The van der Waals surface area contributed by atoms with Crippen LogP contribution in [0, 0.1) is 0 Å². The van der Waals surface area contributed by atoms with Gasteiger partial charge in [0, 0.05) is 30.6 Å². The molecule has 2 rings (SSSR count). The van der Waals surface area contributed by atoms with Crippen LogP contribution in [0.15, 0.2) is 16.7 Å². The molecule has 0 fully saturated rings. The first kappa shape index (κ1) is 9.74. The number of hydrogen-bond donors (Lipinski definition) is 2. The predicted molar refractivity (Wildman–Crippen MR) is 56.0 cm³/mol. The molecule has 3 nitrogen and oxygen atoms in total. The Hall–Kier alpha value is -0.800. The molecule has 1 aromatic rings. The van der Waals surface area contributed by atoms with Crippen molar-refractivity contribution in [2.75, 3.05) is 6.54 Å². The highest BCUT2D eigenvalue weighted by Gasteiger charge is 2.22. The van der Waals surface area contributed by atoms with Crippen molar-refractivity contribution in [1.29, 1.82) is 0 Å². The van der Waals surface area contributed by atoms with Gasteiger partial charge in [0.2, 0.25) is 0 Å². The summed E-state index contributed by atoms with van der Waals surface area (Å²) < 4.78 is 5.43. The minimum Gasteiger partial charge on any atom is -0.469 e. The molecule has 3 N–H and O–H groups in total. The Balaban J connectivity index is 2.08. The highest BCUT2D eigenvalue weighted by molar-refractivity contribution is 5.24. The summed E-state index contributed by atoms with van der Waals surface area (Å²) in [5, 5.41) is 3.53. The first-order chi connectivity index (χ1) is 6.81. The molecule has 2 atom stereocenters. The molecule has 0 saturated heterocycles. The largest absolute Gasteiger partial charge is 0.469 e. The van der Waals surface area contributed by atoms with Crippen LogP contribution < -0.4 is 11.1 Å². The molecule has 0 saturated carbocycles. The van der Waals surface area contributed by atoms with Crippen LogP contribution in [0.4, 0.5) is 0 Å². The highest BCUT2D eigenvalue weighted by atomic mass is 16.3. The Kier molecular flexibility index (Phi) is 2.89. The number of fused-ring (bicyclic) bond motifs is 1. The first-order valence-corrected chi connectivity index (χ1v) is 5.33. The van der Waals surface area contributed by atoms with Gasteiger partial charge in [-0.3, -0.25) is 0 Å². The number of hydrogen-bond acceptors (Lipinski definition) is 3. The fourth-order valence-electron chi connectivity index (χ4n) is 2.07. The first-order valence-electron chi connectivity index (χ1n) is 5.33. The molecule has 1 aliphatic carbocycles. The summed E-state index contributed by atoms with van der Waals surface area (Å²) >= 11 is 0. The summed E-state index contributed by atoms with van der Waals surface area (Å²) in [4.78, 5) is 0. The van der Waals surface area contributed by atoms with Gasteiger partial charge in [0.15, 0.2) is 0 Å². The summed E-state index contributed by atoms with van der Waals surface area (Å²) in [6.07, 6.45) is 5.27. The molecule has 0 bridgehead atoms. The average Bonchev–Trinajstić information content (AvgIpc) is 2.66. The number of rotatable bonds is 3. The monoisotopic (exact) mass is 194 g/mol. The van der Waals surface area contributed by atoms with Gasteiger partial charge >= 0.3 is 0 Å². The molecule has 0 spiro atoms.